The third-order valence-corrected chi connectivity index (χ3v) is 7.71. The van der Waals surface area contributed by atoms with E-state index in [1.165, 1.54) is 12.8 Å². The third kappa shape index (κ3) is 5.03. The lowest BCUT2D eigenvalue weighted by atomic mass is 9.93. The Balaban J connectivity index is 1.35. The SMILES string of the molecule is O=Cc1ccc(CNc2nc(N3CCC4(CC4)C3)ncc2C(=O)N[C@H]2CC[C@H](O)CC2)cc1Cl. The Morgan fingerprint density at radius 3 is 2.71 bits per heavy atom. The zero-order valence-electron chi connectivity index (χ0n) is 19.1. The number of carbonyl (C=O) groups excluding carboxylic acids is 2. The van der Waals surface area contributed by atoms with Crippen molar-refractivity contribution in [3.63, 3.8) is 0 Å². The van der Waals surface area contributed by atoms with E-state index in [0.29, 0.717) is 52.7 Å². The average Bonchev–Trinajstić information content (AvgIpc) is 3.47. The molecule has 1 amide bonds. The van der Waals surface area contributed by atoms with Crippen molar-refractivity contribution < 1.29 is 14.7 Å². The van der Waals surface area contributed by atoms with Crippen LogP contribution in [0.1, 0.15) is 71.2 Å². The van der Waals surface area contributed by atoms with E-state index in [9.17, 15) is 14.7 Å². The normalized spacial score (nSPS) is 23.1. The summed E-state index contributed by atoms with van der Waals surface area (Å²) in [6.07, 6.45) is 8.66. The molecule has 0 unspecified atom stereocenters. The molecule has 1 aromatic carbocycles. The van der Waals surface area contributed by atoms with E-state index in [1.54, 1.807) is 18.3 Å². The fourth-order valence-electron chi connectivity index (χ4n) is 4.96. The first kappa shape index (κ1) is 23.1. The molecule has 180 valence electrons. The molecule has 1 aromatic heterocycles. The highest BCUT2D eigenvalue weighted by Gasteiger charge is 2.48. The summed E-state index contributed by atoms with van der Waals surface area (Å²) in [5.41, 5.74) is 2.15. The molecule has 1 saturated heterocycles. The number of anilines is 2. The smallest absolute Gasteiger partial charge is 0.256 e. The first-order chi connectivity index (χ1) is 16.4. The number of hydrogen-bond acceptors (Lipinski definition) is 7. The van der Waals surface area contributed by atoms with Crippen LogP contribution in [0.2, 0.25) is 5.02 Å². The van der Waals surface area contributed by atoms with Gasteiger partial charge in [0.1, 0.15) is 11.4 Å². The fourth-order valence-corrected chi connectivity index (χ4v) is 5.21. The summed E-state index contributed by atoms with van der Waals surface area (Å²) < 4.78 is 0. The number of aliphatic hydroxyl groups excluding tert-OH is 1. The molecule has 1 spiro atoms. The van der Waals surface area contributed by atoms with Crippen molar-refractivity contribution in [2.24, 2.45) is 5.41 Å². The Morgan fingerprint density at radius 1 is 1.24 bits per heavy atom. The topological polar surface area (TPSA) is 107 Å². The van der Waals surface area contributed by atoms with Crippen LogP contribution in [-0.2, 0) is 6.54 Å². The predicted molar refractivity (Wildman–Crippen MR) is 130 cm³/mol. The number of aldehydes is 1. The summed E-state index contributed by atoms with van der Waals surface area (Å²) in [7, 11) is 0. The number of nitrogens with one attached hydrogen (secondary N) is 2. The Kier molecular flexibility index (Phi) is 6.44. The molecule has 2 heterocycles. The fraction of sp³-hybridized carbons (Fsp3) is 0.520. The van der Waals surface area contributed by atoms with E-state index >= 15 is 0 Å². The number of aliphatic hydroxyl groups is 1. The highest BCUT2D eigenvalue weighted by Crippen LogP contribution is 2.53. The molecule has 1 aliphatic heterocycles. The summed E-state index contributed by atoms with van der Waals surface area (Å²) in [6, 6.07) is 5.29. The van der Waals surface area contributed by atoms with E-state index in [4.69, 9.17) is 16.6 Å². The largest absolute Gasteiger partial charge is 0.393 e. The van der Waals surface area contributed by atoms with Gasteiger partial charge in [0, 0.05) is 37.4 Å². The predicted octanol–water partition coefficient (Wildman–Crippen LogP) is 3.58. The third-order valence-electron chi connectivity index (χ3n) is 7.38. The van der Waals surface area contributed by atoms with E-state index in [1.807, 2.05) is 6.07 Å². The van der Waals surface area contributed by atoms with E-state index in [-0.39, 0.29) is 18.1 Å². The molecule has 2 aromatic rings. The lowest BCUT2D eigenvalue weighted by Gasteiger charge is -2.26. The molecular weight excluding hydrogens is 454 g/mol. The van der Waals surface area contributed by atoms with Crippen molar-refractivity contribution >= 4 is 35.6 Å². The molecule has 3 N–H and O–H groups in total. The zero-order chi connectivity index (χ0) is 23.7. The molecule has 2 aliphatic carbocycles. The molecule has 2 saturated carbocycles. The van der Waals surface area contributed by atoms with Crippen LogP contribution in [-0.4, -0.2) is 52.5 Å². The highest BCUT2D eigenvalue weighted by molar-refractivity contribution is 6.33. The van der Waals surface area contributed by atoms with Gasteiger partial charge in [-0.2, -0.15) is 4.98 Å². The van der Waals surface area contributed by atoms with Crippen LogP contribution in [0.4, 0.5) is 11.8 Å². The van der Waals surface area contributed by atoms with Crippen LogP contribution in [0.15, 0.2) is 24.4 Å². The maximum Gasteiger partial charge on any atom is 0.256 e. The number of nitrogens with zero attached hydrogens (tertiary/aromatic N) is 3. The van der Waals surface area contributed by atoms with Gasteiger partial charge in [-0.15, -0.1) is 0 Å². The molecule has 3 aliphatic rings. The van der Waals surface area contributed by atoms with Gasteiger partial charge in [0.05, 0.1) is 11.1 Å². The minimum Gasteiger partial charge on any atom is -0.393 e. The van der Waals surface area contributed by atoms with Crippen molar-refractivity contribution in [2.45, 2.75) is 63.6 Å². The van der Waals surface area contributed by atoms with Gasteiger partial charge >= 0.3 is 0 Å². The van der Waals surface area contributed by atoms with E-state index in [0.717, 1.165) is 44.2 Å². The van der Waals surface area contributed by atoms with Gasteiger partial charge in [0.25, 0.3) is 5.91 Å². The van der Waals surface area contributed by atoms with Crippen molar-refractivity contribution in [2.75, 3.05) is 23.3 Å². The quantitative estimate of drug-likeness (QED) is 0.516. The number of rotatable bonds is 7. The Morgan fingerprint density at radius 2 is 2.03 bits per heavy atom. The van der Waals surface area contributed by atoms with Crippen molar-refractivity contribution in [3.8, 4) is 0 Å². The lowest BCUT2D eigenvalue weighted by Crippen LogP contribution is -2.39. The van der Waals surface area contributed by atoms with E-state index < -0.39 is 0 Å². The number of halogens is 1. The summed E-state index contributed by atoms with van der Waals surface area (Å²) in [5.74, 6) is 0.897. The lowest BCUT2D eigenvalue weighted by molar-refractivity contribution is 0.0867. The first-order valence-corrected chi connectivity index (χ1v) is 12.4. The molecule has 0 radical (unpaired) electrons. The second-order valence-corrected chi connectivity index (χ2v) is 10.3. The van der Waals surface area contributed by atoms with Crippen molar-refractivity contribution in [1.82, 2.24) is 15.3 Å². The summed E-state index contributed by atoms with van der Waals surface area (Å²) in [5, 5.41) is 16.5. The Labute approximate surface area is 204 Å². The molecule has 9 heteroatoms. The molecule has 0 bridgehead atoms. The van der Waals surface area contributed by atoms with Gasteiger partial charge < -0.3 is 20.6 Å². The Bertz CT molecular complexity index is 1080. The van der Waals surface area contributed by atoms with Gasteiger partial charge in [-0.05, 0) is 68.1 Å². The molecule has 0 atom stereocenters. The average molecular weight is 484 g/mol. The standard InChI is InChI=1S/C25H30ClN5O3/c26-21-11-16(1-2-17(21)14-32)12-27-22-20(23(34)29-18-3-5-19(33)6-4-18)13-28-24(30-22)31-10-9-25(15-31)7-8-25/h1-2,11,13-14,18-19,33H,3-10,12,15H2,(H,29,34)(H,27,28,30)/t18-,19-. The Hall–Kier alpha value is -2.71. The van der Waals surface area contributed by atoms with Gasteiger partial charge in [0.15, 0.2) is 6.29 Å². The van der Waals surface area contributed by atoms with Gasteiger partial charge in [0.2, 0.25) is 5.95 Å². The summed E-state index contributed by atoms with van der Waals surface area (Å²) in [6.45, 7) is 2.29. The summed E-state index contributed by atoms with van der Waals surface area (Å²) in [4.78, 5) is 35.7. The van der Waals surface area contributed by atoms with Crippen molar-refractivity contribution in [1.29, 1.82) is 0 Å². The van der Waals surface area contributed by atoms with Gasteiger partial charge in [-0.1, -0.05) is 17.7 Å². The second-order valence-electron chi connectivity index (χ2n) is 9.91. The minimum absolute atomic E-state index is 0.0337. The summed E-state index contributed by atoms with van der Waals surface area (Å²) >= 11 is 6.18. The molecule has 3 fully saturated rings. The van der Waals surface area contributed by atoms with Crippen molar-refractivity contribution in [3.05, 3.63) is 46.1 Å². The van der Waals surface area contributed by atoms with Gasteiger partial charge in [-0.3, -0.25) is 9.59 Å². The molecular formula is C25H30ClN5O3. The number of aromatic nitrogens is 2. The maximum atomic E-state index is 13.1. The monoisotopic (exact) mass is 483 g/mol. The van der Waals surface area contributed by atoms with Crippen LogP contribution < -0.4 is 15.5 Å². The van der Waals surface area contributed by atoms with Crippen LogP contribution in [0, 0.1) is 5.41 Å². The van der Waals surface area contributed by atoms with Gasteiger partial charge in [-0.25, -0.2) is 4.98 Å². The molecule has 5 rings (SSSR count). The van der Waals surface area contributed by atoms with E-state index in [2.05, 4.69) is 20.5 Å². The van der Waals surface area contributed by atoms with Crippen LogP contribution in [0.25, 0.3) is 0 Å². The second kappa shape index (κ2) is 9.50. The number of benzene rings is 1. The first-order valence-electron chi connectivity index (χ1n) is 12.0. The van der Waals surface area contributed by atoms with Crippen LogP contribution >= 0.6 is 11.6 Å². The minimum atomic E-state index is -0.277. The molecule has 8 nitrogen and oxygen atoms in total. The zero-order valence-corrected chi connectivity index (χ0v) is 19.9. The maximum absolute atomic E-state index is 13.1. The number of hydrogen-bond donors (Lipinski definition) is 3. The van der Waals surface area contributed by atoms with Crippen LogP contribution in [0.5, 0.6) is 0 Å². The molecule has 34 heavy (non-hydrogen) atoms. The number of amides is 1. The van der Waals surface area contributed by atoms with Crippen LogP contribution in [0.3, 0.4) is 0 Å². The number of carbonyl (C=O) groups is 2. The highest BCUT2D eigenvalue weighted by atomic mass is 35.5.